The van der Waals surface area contributed by atoms with Crippen LogP contribution in [0.15, 0.2) is 65.9 Å². The van der Waals surface area contributed by atoms with E-state index < -0.39 is 0 Å². The van der Waals surface area contributed by atoms with Crippen molar-refractivity contribution >= 4 is 16.7 Å². The number of fused-ring (bicyclic) bond motifs is 2. The zero-order valence-electron chi connectivity index (χ0n) is 23.2. The second kappa shape index (κ2) is 14.1. The number of hydrogen-bond acceptors (Lipinski definition) is 3. The average molecular weight is 480 g/mol. The van der Waals surface area contributed by atoms with E-state index >= 15 is 0 Å². The van der Waals surface area contributed by atoms with Crippen molar-refractivity contribution in [3.8, 4) is 0 Å². The van der Waals surface area contributed by atoms with Crippen LogP contribution in [0.5, 0.6) is 0 Å². The van der Waals surface area contributed by atoms with Crippen molar-refractivity contribution in [3.63, 3.8) is 0 Å². The number of hydrogen-bond donors (Lipinski definition) is 1. The first-order chi connectivity index (χ1) is 17.0. The van der Waals surface area contributed by atoms with Crippen molar-refractivity contribution in [3.05, 3.63) is 71.5 Å². The number of carbonyl (C=O) groups excluding carboxylic acids is 1. The quantitative estimate of drug-likeness (QED) is 0.389. The molecule has 0 aliphatic carbocycles. The maximum absolute atomic E-state index is 12.9. The fourth-order valence-electron chi connectivity index (χ4n) is 4.89. The van der Waals surface area contributed by atoms with Crippen LogP contribution in [0.25, 0.3) is 10.8 Å². The Hall–Kier alpha value is -2.59. The first-order valence-corrected chi connectivity index (χ1v) is 13.7. The minimum Gasteiger partial charge on any atom is -0.321 e. The number of nitrogens with one attached hydrogen (secondary N) is 1. The van der Waals surface area contributed by atoms with Gasteiger partial charge in [0.05, 0.1) is 13.0 Å². The number of allylic oxidation sites excluding steroid dienone is 1. The van der Waals surface area contributed by atoms with Crippen LogP contribution in [-0.2, 0) is 11.3 Å². The Kier molecular flexibility index (Phi) is 11.5. The van der Waals surface area contributed by atoms with E-state index in [-0.39, 0.29) is 13.5 Å². The van der Waals surface area contributed by atoms with Gasteiger partial charge in [0.1, 0.15) is 6.17 Å². The summed E-state index contributed by atoms with van der Waals surface area (Å²) in [5.74, 6) is 0.605. The predicted octanol–water partition coefficient (Wildman–Crippen LogP) is 8.06. The SMILES string of the molecule is C=C1CC(=O)N(CC(C)C)C2NN(Cc3cccc4ccccc34)C(CCCCC)=C12.CC.CC.[HH]. The van der Waals surface area contributed by atoms with E-state index in [0.717, 1.165) is 31.5 Å². The third-order valence-electron chi connectivity index (χ3n) is 6.35. The zero-order chi connectivity index (χ0) is 26.0. The minimum atomic E-state index is -0.0947. The number of piperidine rings is 1. The fourth-order valence-corrected chi connectivity index (χ4v) is 4.89. The molecule has 194 valence electrons. The molecule has 1 fully saturated rings. The van der Waals surface area contributed by atoms with E-state index in [0.29, 0.717) is 12.3 Å². The summed E-state index contributed by atoms with van der Waals surface area (Å²) in [6.45, 7) is 20.4. The van der Waals surface area contributed by atoms with E-state index in [1.165, 1.54) is 40.4 Å². The molecule has 4 nitrogen and oxygen atoms in total. The summed E-state index contributed by atoms with van der Waals surface area (Å²) >= 11 is 0. The van der Waals surface area contributed by atoms with Crippen molar-refractivity contribution < 1.29 is 6.22 Å². The molecular weight excluding hydrogens is 430 g/mol. The molecule has 1 atom stereocenters. The van der Waals surface area contributed by atoms with Crippen LogP contribution in [0.3, 0.4) is 0 Å². The van der Waals surface area contributed by atoms with Gasteiger partial charge in [0.25, 0.3) is 0 Å². The maximum atomic E-state index is 12.9. The Balaban J connectivity index is 0.00000123. The van der Waals surface area contributed by atoms with E-state index in [1.807, 2.05) is 32.6 Å². The Labute approximate surface area is 215 Å². The van der Waals surface area contributed by atoms with Crippen LogP contribution in [0.2, 0.25) is 0 Å². The van der Waals surface area contributed by atoms with Gasteiger partial charge in [-0.25, -0.2) is 5.43 Å². The molecule has 1 saturated heterocycles. The number of carbonyl (C=O) groups is 1. The van der Waals surface area contributed by atoms with Crippen LogP contribution < -0.4 is 5.43 Å². The minimum absolute atomic E-state index is 0. The van der Waals surface area contributed by atoms with Gasteiger partial charge in [0.2, 0.25) is 5.91 Å². The summed E-state index contributed by atoms with van der Waals surface area (Å²) in [4.78, 5) is 14.9. The highest BCUT2D eigenvalue weighted by molar-refractivity contribution is 5.86. The smallest absolute Gasteiger partial charge is 0.228 e. The van der Waals surface area contributed by atoms with Crippen molar-refractivity contribution in [1.82, 2.24) is 15.3 Å². The molecule has 0 radical (unpaired) electrons. The summed E-state index contributed by atoms with van der Waals surface area (Å²) in [6.07, 6.45) is 4.91. The Bertz CT molecular complexity index is 1010. The Morgan fingerprint density at radius 2 is 1.74 bits per heavy atom. The number of nitrogens with zero attached hydrogens (tertiary/aromatic N) is 2. The highest BCUT2D eigenvalue weighted by atomic mass is 16.2. The number of rotatable bonds is 8. The lowest BCUT2D eigenvalue weighted by molar-refractivity contribution is -0.134. The Morgan fingerprint density at radius 1 is 1.06 bits per heavy atom. The molecular formula is C31H49N3O. The van der Waals surface area contributed by atoms with Gasteiger partial charge in [-0.05, 0) is 40.7 Å². The summed E-state index contributed by atoms with van der Waals surface area (Å²) in [5, 5.41) is 4.85. The molecule has 2 aromatic rings. The monoisotopic (exact) mass is 479 g/mol. The van der Waals surface area contributed by atoms with Gasteiger partial charge in [-0.3, -0.25) is 4.79 Å². The van der Waals surface area contributed by atoms with Gasteiger partial charge in [-0.1, -0.05) is 110 Å². The topological polar surface area (TPSA) is 35.6 Å². The molecule has 35 heavy (non-hydrogen) atoms. The van der Waals surface area contributed by atoms with Gasteiger partial charge in [0.15, 0.2) is 0 Å². The molecule has 1 N–H and O–H groups in total. The van der Waals surface area contributed by atoms with Gasteiger partial charge >= 0.3 is 0 Å². The van der Waals surface area contributed by atoms with Crippen LogP contribution in [0, 0.1) is 5.92 Å². The zero-order valence-corrected chi connectivity index (χ0v) is 23.2. The largest absolute Gasteiger partial charge is 0.321 e. The van der Waals surface area contributed by atoms with Crippen LogP contribution in [0.4, 0.5) is 0 Å². The van der Waals surface area contributed by atoms with E-state index in [9.17, 15) is 4.79 Å². The number of amides is 1. The van der Waals surface area contributed by atoms with E-state index in [4.69, 9.17) is 0 Å². The summed E-state index contributed by atoms with van der Waals surface area (Å²) in [7, 11) is 0. The van der Waals surface area contributed by atoms with Crippen LogP contribution in [0.1, 0.15) is 87.6 Å². The summed E-state index contributed by atoms with van der Waals surface area (Å²) in [5.41, 5.74) is 8.54. The highest BCUT2D eigenvalue weighted by Gasteiger charge is 2.42. The molecule has 0 bridgehead atoms. The van der Waals surface area contributed by atoms with Crippen LogP contribution in [-0.4, -0.2) is 28.5 Å². The molecule has 2 aliphatic heterocycles. The average Bonchev–Trinajstić information content (AvgIpc) is 3.23. The lowest BCUT2D eigenvalue weighted by atomic mass is 9.92. The lowest BCUT2D eigenvalue weighted by Crippen LogP contribution is -2.54. The normalized spacial score (nSPS) is 17.3. The van der Waals surface area contributed by atoms with Gasteiger partial charge < -0.3 is 9.91 Å². The molecule has 2 aliphatic rings. The lowest BCUT2D eigenvalue weighted by Gasteiger charge is -2.37. The molecule has 1 amide bonds. The molecule has 2 heterocycles. The second-order valence-corrected chi connectivity index (χ2v) is 9.29. The summed E-state index contributed by atoms with van der Waals surface area (Å²) < 4.78 is 0. The third kappa shape index (κ3) is 6.76. The molecule has 2 aromatic carbocycles. The number of benzene rings is 2. The Morgan fingerprint density at radius 3 is 2.43 bits per heavy atom. The molecule has 1 unspecified atom stereocenters. The maximum Gasteiger partial charge on any atom is 0.228 e. The van der Waals surface area contributed by atoms with Gasteiger partial charge in [0, 0.05) is 19.2 Å². The van der Waals surface area contributed by atoms with Crippen LogP contribution >= 0.6 is 0 Å². The van der Waals surface area contributed by atoms with E-state index in [1.54, 1.807) is 0 Å². The number of likely N-dealkylation sites (tertiary alicyclic amines) is 1. The second-order valence-electron chi connectivity index (χ2n) is 9.29. The van der Waals surface area contributed by atoms with Crippen molar-refractivity contribution in [1.29, 1.82) is 0 Å². The van der Waals surface area contributed by atoms with Crippen molar-refractivity contribution in [2.75, 3.05) is 6.54 Å². The highest BCUT2D eigenvalue weighted by Crippen LogP contribution is 2.38. The standard InChI is InChI=1S/C27H35N3O.2C2H6.H2/c1-5-6-7-15-24-26-20(4)16-25(31)29(17-19(2)3)27(26)28-30(24)18-22-13-10-12-21-11-8-9-14-23(21)22;2*1-2;/h8-14,19,27-28H,4-7,15-18H2,1-3H3;2*1-2H3;1H. The number of hydrazine groups is 1. The summed E-state index contributed by atoms with van der Waals surface area (Å²) in [6, 6.07) is 15.1. The van der Waals surface area contributed by atoms with Gasteiger partial charge in [-0.2, -0.15) is 0 Å². The van der Waals surface area contributed by atoms with Crippen molar-refractivity contribution in [2.24, 2.45) is 5.92 Å². The first kappa shape index (κ1) is 28.6. The molecule has 4 heteroatoms. The van der Waals surface area contributed by atoms with Gasteiger partial charge in [-0.15, -0.1) is 0 Å². The fraction of sp³-hybridized carbons (Fsp3) is 0.516. The number of unbranched alkanes of at least 4 members (excludes halogenated alkanes) is 2. The molecule has 4 rings (SSSR count). The first-order valence-electron chi connectivity index (χ1n) is 13.7. The van der Waals surface area contributed by atoms with Crippen molar-refractivity contribution in [2.45, 2.75) is 93.3 Å². The molecule has 0 aromatic heterocycles. The predicted molar refractivity (Wildman–Crippen MR) is 153 cm³/mol. The molecule has 0 saturated carbocycles. The van der Waals surface area contributed by atoms with E-state index in [2.05, 4.69) is 80.2 Å². The molecule has 0 spiro atoms. The third-order valence-corrected chi connectivity index (χ3v) is 6.35.